The molecule has 61 heavy (non-hydrogen) atoms. The van der Waals surface area contributed by atoms with Crippen molar-refractivity contribution >= 4 is 11.7 Å². The Bertz CT molecular complexity index is 2410. The third-order valence-corrected chi connectivity index (χ3v) is 11.0. The van der Waals surface area contributed by atoms with Gasteiger partial charge in [-0.3, -0.25) is 4.90 Å². The van der Waals surface area contributed by atoms with Gasteiger partial charge in [-0.15, -0.1) is 0 Å². The molecule has 8 rings (SSSR count). The molecule has 1 heterocycles. The summed E-state index contributed by atoms with van der Waals surface area (Å²) in [5.74, 6) is 1.47. The quantitative estimate of drug-likeness (QED) is 0.0955. The Hall–Kier alpha value is -6.55. The summed E-state index contributed by atoms with van der Waals surface area (Å²) in [6.07, 6.45) is -1.01. The van der Waals surface area contributed by atoms with Crippen molar-refractivity contribution in [1.82, 2.24) is 10.2 Å². The van der Waals surface area contributed by atoms with Crippen LogP contribution in [0.25, 0.3) is 11.1 Å². The number of hydrogen-bond acceptors (Lipinski definition) is 6. The molecule has 7 aromatic carbocycles. The molecule has 4 unspecified atom stereocenters. The van der Waals surface area contributed by atoms with Crippen molar-refractivity contribution in [1.29, 1.82) is 0 Å². The molecule has 308 valence electrons. The second-order valence-electron chi connectivity index (χ2n) is 15.5. The minimum Gasteiger partial charge on any atom is -0.457 e. The van der Waals surface area contributed by atoms with Crippen LogP contribution in [0, 0.1) is 5.92 Å². The average Bonchev–Trinajstić information content (AvgIpc) is 3.31. The fourth-order valence-electron chi connectivity index (χ4n) is 7.77. The van der Waals surface area contributed by atoms with Gasteiger partial charge in [0.1, 0.15) is 11.5 Å². The summed E-state index contributed by atoms with van der Waals surface area (Å²) in [6, 6.07) is 62.3. The predicted octanol–water partition coefficient (Wildman–Crippen LogP) is 11.5. The van der Waals surface area contributed by atoms with Gasteiger partial charge in [0, 0.05) is 43.3 Å². The van der Waals surface area contributed by atoms with Crippen LogP contribution < -0.4 is 15.4 Å². The van der Waals surface area contributed by atoms with E-state index in [1.807, 2.05) is 84.9 Å². The molecule has 4 atom stereocenters. The van der Waals surface area contributed by atoms with Crippen LogP contribution in [0.1, 0.15) is 52.7 Å². The van der Waals surface area contributed by atoms with Crippen molar-refractivity contribution in [3.8, 4) is 22.6 Å². The summed E-state index contributed by atoms with van der Waals surface area (Å²) >= 11 is 0. The Morgan fingerprint density at radius 2 is 1.20 bits per heavy atom. The van der Waals surface area contributed by atoms with Gasteiger partial charge in [-0.25, -0.2) is 4.79 Å². The molecule has 0 aromatic heterocycles. The molecule has 3 N–H and O–H groups in total. The molecule has 0 spiro atoms. The van der Waals surface area contributed by atoms with E-state index in [1.165, 1.54) is 11.1 Å². The smallest absolute Gasteiger partial charge is 0.319 e. The first-order chi connectivity index (χ1) is 30.0. The summed E-state index contributed by atoms with van der Waals surface area (Å²) in [7, 11) is 0. The maximum absolute atomic E-state index is 12.9. The van der Waals surface area contributed by atoms with Crippen LogP contribution in [0.2, 0.25) is 0 Å². The van der Waals surface area contributed by atoms with Crippen LogP contribution in [0.15, 0.2) is 188 Å². The van der Waals surface area contributed by atoms with E-state index in [9.17, 15) is 9.90 Å². The van der Waals surface area contributed by atoms with E-state index in [4.69, 9.17) is 14.2 Å². The fraction of sp³-hybridized carbons (Fsp3) is 0.189. The summed E-state index contributed by atoms with van der Waals surface area (Å²) in [5.41, 5.74) is 8.99. The third kappa shape index (κ3) is 11.2. The van der Waals surface area contributed by atoms with Gasteiger partial charge in [0.05, 0.1) is 18.8 Å². The van der Waals surface area contributed by atoms with Crippen molar-refractivity contribution in [2.75, 3.05) is 11.9 Å². The largest absolute Gasteiger partial charge is 0.457 e. The van der Waals surface area contributed by atoms with Crippen LogP contribution in [0.3, 0.4) is 0 Å². The Kier molecular flexibility index (Phi) is 13.6. The van der Waals surface area contributed by atoms with Crippen LogP contribution >= 0.6 is 0 Å². The van der Waals surface area contributed by atoms with E-state index in [-0.39, 0.29) is 30.8 Å². The molecule has 7 aromatic rings. The van der Waals surface area contributed by atoms with Crippen LogP contribution in [-0.4, -0.2) is 28.7 Å². The van der Waals surface area contributed by atoms with Gasteiger partial charge in [0.25, 0.3) is 0 Å². The van der Waals surface area contributed by atoms with Gasteiger partial charge in [-0.2, -0.15) is 0 Å². The van der Waals surface area contributed by atoms with Gasteiger partial charge >= 0.3 is 6.03 Å². The maximum Gasteiger partial charge on any atom is 0.319 e. The number of hydrogen-bond donors (Lipinski definition) is 3. The summed E-state index contributed by atoms with van der Waals surface area (Å²) in [6.45, 7) is 4.81. The Morgan fingerprint density at radius 3 is 1.85 bits per heavy atom. The highest BCUT2D eigenvalue weighted by Crippen LogP contribution is 2.42. The first kappa shape index (κ1) is 41.2. The normalized spacial score (nSPS) is 17.4. The number of carbonyl (C=O) groups excluding carboxylic acids is 1. The number of ether oxygens (including phenoxy) is 3. The number of anilines is 1. The second-order valence-corrected chi connectivity index (χ2v) is 15.5. The molecule has 2 amide bonds. The van der Waals surface area contributed by atoms with E-state index >= 15 is 0 Å². The third-order valence-electron chi connectivity index (χ3n) is 11.0. The monoisotopic (exact) mass is 809 g/mol. The zero-order valence-corrected chi connectivity index (χ0v) is 34.3. The Balaban J connectivity index is 0.973. The number of amides is 2. The van der Waals surface area contributed by atoms with Crippen LogP contribution in [0.4, 0.5) is 10.5 Å². The van der Waals surface area contributed by atoms with Crippen LogP contribution in [0.5, 0.6) is 11.5 Å². The van der Waals surface area contributed by atoms with Crippen LogP contribution in [-0.2, 0) is 35.7 Å². The second kappa shape index (κ2) is 20.1. The number of rotatable bonds is 15. The zero-order valence-electron chi connectivity index (χ0n) is 34.3. The minimum absolute atomic E-state index is 0.0125. The molecule has 8 nitrogen and oxygen atoms in total. The van der Waals surface area contributed by atoms with Gasteiger partial charge in [-0.1, -0.05) is 146 Å². The minimum atomic E-state index is -0.619. The number of nitrogens with one attached hydrogen (secondary N) is 2. The van der Waals surface area contributed by atoms with E-state index < -0.39 is 6.29 Å². The van der Waals surface area contributed by atoms with Crippen molar-refractivity contribution in [2.24, 2.45) is 5.92 Å². The number of para-hydroxylation sites is 1. The maximum atomic E-state index is 12.9. The van der Waals surface area contributed by atoms with E-state index in [1.54, 1.807) is 0 Å². The lowest BCUT2D eigenvalue weighted by Crippen LogP contribution is -2.44. The van der Waals surface area contributed by atoms with Crippen molar-refractivity contribution < 1.29 is 24.1 Å². The highest BCUT2D eigenvalue weighted by molar-refractivity contribution is 5.89. The SMILES string of the molecule is CC1C(CN(Cc2ccccc2)Cc2ccccc2)OC(c2cccc(-c3cccc(CNC(=O)Nc4ccc(Oc5ccccc5)cc4)c3)c2)OC1c1ccc(CO)cc1. The Morgan fingerprint density at radius 1 is 0.607 bits per heavy atom. The van der Waals surface area contributed by atoms with E-state index in [0.717, 1.165) is 52.2 Å². The molecule has 1 aliphatic heterocycles. The van der Waals surface area contributed by atoms with Gasteiger partial charge < -0.3 is 30.0 Å². The average molecular weight is 810 g/mol. The van der Waals surface area contributed by atoms with Crippen molar-refractivity contribution in [3.05, 3.63) is 221 Å². The molecule has 8 heteroatoms. The molecule has 1 aliphatic rings. The summed E-state index contributed by atoms with van der Waals surface area (Å²) in [5, 5.41) is 15.7. The molecule has 1 saturated heterocycles. The number of aliphatic hydroxyl groups is 1. The highest BCUT2D eigenvalue weighted by Gasteiger charge is 2.39. The lowest BCUT2D eigenvalue weighted by atomic mass is 9.89. The molecule has 1 fully saturated rings. The van der Waals surface area contributed by atoms with E-state index in [0.29, 0.717) is 24.5 Å². The summed E-state index contributed by atoms with van der Waals surface area (Å²) < 4.78 is 19.7. The first-order valence-corrected chi connectivity index (χ1v) is 20.8. The topological polar surface area (TPSA) is 92.3 Å². The lowest BCUT2D eigenvalue weighted by molar-refractivity contribution is -0.276. The van der Waals surface area contributed by atoms with Crippen molar-refractivity contribution in [3.63, 3.8) is 0 Å². The standard InChI is InChI=1S/C53H51N3O5/c1-38-50(36-56(34-39-13-5-2-6-14-39)35-40-15-7-3-8-16-40)60-52(61-51(38)43-25-23-41(37-57)24-26-43)46-20-12-19-45(32-46)44-18-11-17-42(31-44)33-54-53(58)55-47-27-29-49(30-28-47)59-48-21-9-4-10-22-48/h2-32,38,50-52,57H,33-37H2,1H3,(H2,54,55,58). The van der Waals surface area contributed by atoms with Crippen molar-refractivity contribution in [2.45, 2.75) is 51.7 Å². The Labute approximate surface area is 358 Å². The van der Waals surface area contributed by atoms with Gasteiger partial charge in [0.15, 0.2) is 6.29 Å². The molecule has 0 aliphatic carbocycles. The lowest BCUT2D eigenvalue weighted by Gasteiger charge is -2.43. The van der Waals surface area contributed by atoms with E-state index in [2.05, 4.69) is 126 Å². The number of carbonyl (C=O) groups is 1. The highest BCUT2D eigenvalue weighted by atomic mass is 16.7. The molecular formula is C53H51N3O5. The molecular weight excluding hydrogens is 759 g/mol. The van der Waals surface area contributed by atoms with Gasteiger partial charge in [0.2, 0.25) is 0 Å². The number of aliphatic hydroxyl groups excluding tert-OH is 1. The zero-order chi connectivity index (χ0) is 41.8. The number of nitrogens with zero attached hydrogens (tertiary/aromatic N) is 1. The predicted molar refractivity (Wildman–Crippen MR) is 241 cm³/mol. The first-order valence-electron chi connectivity index (χ1n) is 20.8. The van der Waals surface area contributed by atoms with Gasteiger partial charge in [-0.05, 0) is 87.5 Å². The molecule has 0 saturated carbocycles. The number of urea groups is 1. The molecule has 0 bridgehead atoms. The number of benzene rings is 7. The molecule has 0 radical (unpaired) electrons. The fourth-order valence-corrected chi connectivity index (χ4v) is 7.77. The summed E-state index contributed by atoms with van der Waals surface area (Å²) in [4.78, 5) is 15.4.